The molecule has 0 bridgehead atoms. The molecule has 0 saturated carbocycles. The molecule has 1 saturated heterocycles. The van der Waals surface area contributed by atoms with Gasteiger partial charge in [0, 0.05) is 36.8 Å². The summed E-state index contributed by atoms with van der Waals surface area (Å²) in [5, 5.41) is 6.45. The lowest BCUT2D eigenvalue weighted by atomic mass is 10.1. The summed E-state index contributed by atoms with van der Waals surface area (Å²) in [4.78, 5) is 59.6. The molecule has 41 heavy (non-hydrogen) atoms. The zero-order chi connectivity index (χ0) is 29.6. The molecule has 1 N–H and O–H groups in total. The van der Waals surface area contributed by atoms with Crippen LogP contribution >= 0.6 is 0 Å². The van der Waals surface area contributed by atoms with Gasteiger partial charge in [-0.3, -0.25) is 19.5 Å². The van der Waals surface area contributed by atoms with E-state index in [0.717, 1.165) is 11.0 Å². The van der Waals surface area contributed by atoms with Crippen molar-refractivity contribution in [2.45, 2.75) is 51.7 Å². The highest BCUT2D eigenvalue weighted by Crippen LogP contribution is 2.33. The summed E-state index contributed by atoms with van der Waals surface area (Å²) in [6, 6.07) is 1.38. The summed E-state index contributed by atoms with van der Waals surface area (Å²) in [7, 11) is 1.51. The zero-order valence-corrected chi connectivity index (χ0v) is 22.2. The van der Waals surface area contributed by atoms with E-state index in [-0.39, 0.29) is 29.4 Å². The van der Waals surface area contributed by atoms with Gasteiger partial charge in [0.25, 0.3) is 5.91 Å². The molecular weight excluding hydrogens is 547 g/mol. The first kappa shape index (κ1) is 27.7. The molecule has 2 aliphatic heterocycles. The maximum atomic E-state index is 13.5. The first-order chi connectivity index (χ1) is 19.3. The lowest BCUT2D eigenvalue weighted by molar-refractivity contribution is -0.140. The third-order valence-corrected chi connectivity index (χ3v) is 6.79. The number of carbonyl (C=O) groups excluding carboxylic acids is 3. The Labute approximate surface area is 231 Å². The molecule has 1 fully saturated rings. The second-order valence-electron chi connectivity index (χ2n) is 9.60. The van der Waals surface area contributed by atoms with E-state index in [9.17, 15) is 27.6 Å². The van der Waals surface area contributed by atoms with Crippen LogP contribution in [0.4, 0.5) is 23.8 Å². The minimum absolute atomic E-state index is 0.0181. The quantitative estimate of drug-likeness (QED) is 0.471. The lowest BCUT2D eigenvalue weighted by Gasteiger charge is -2.42. The average molecular weight is 572 g/mol. The predicted molar refractivity (Wildman–Crippen MR) is 136 cm³/mol. The summed E-state index contributed by atoms with van der Waals surface area (Å²) in [6.07, 6.45) is -1.61. The average Bonchev–Trinajstić information content (AvgIpc) is 3.55. The van der Waals surface area contributed by atoms with Gasteiger partial charge in [-0.15, -0.1) is 0 Å². The topological polar surface area (TPSA) is 150 Å². The number of aliphatic imine (C=N–C) groups is 1. The fourth-order valence-corrected chi connectivity index (χ4v) is 4.59. The highest BCUT2D eigenvalue weighted by molar-refractivity contribution is 6.03. The van der Waals surface area contributed by atoms with Crippen LogP contribution in [0.25, 0.3) is 11.4 Å². The number of rotatable bonds is 6. The Morgan fingerprint density at radius 3 is 2.63 bits per heavy atom. The van der Waals surface area contributed by atoms with Crippen LogP contribution < -0.4 is 5.32 Å². The summed E-state index contributed by atoms with van der Waals surface area (Å²) in [5.74, 6) is -0.665. The molecule has 5 rings (SSSR count). The largest absolute Gasteiger partial charge is 0.418 e. The molecule has 214 valence electrons. The van der Waals surface area contributed by atoms with Gasteiger partial charge in [-0.2, -0.15) is 13.2 Å². The van der Waals surface area contributed by atoms with Crippen molar-refractivity contribution in [2.75, 3.05) is 12.4 Å². The molecule has 2 aliphatic rings. The molecule has 0 spiro atoms. The molecule has 0 aromatic carbocycles. The van der Waals surface area contributed by atoms with Crippen molar-refractivity contribution in [2.24, 2.45) is 4.99 Å². The van der Waals surface area contributed by atoms with Crippen LogP contribution in [0.1, 0.15) is 29.6 Å². The fraction of sp³-hybridized carbons (Fsp3) is 0.360. The third-order valence-electron chi connectivity index (χ3n) is 6.79. The van der Waals surface area contributed by atoms with Crippen LogP contribution in [-0.4, -0.2) is 84.3 Å². The number of aryl methyl sites for hydroxylation is 2. The van der Waals surface area contributed by atoms with Crippen LogP contribution in [0.2, 0.25) is 0 Å². The van der Waals surface area contributed by atoms with Crippen molar-refractivity contribution in [3.8, 4) is 11.4 Å². The summed E-state index contributed by atoms with van der Waals surface area (Å²) >= 11 is 0. The molecular formula is C25H24F3N9O4. The molecule has 2 unspecified atom stereocenters. The maximum Gasteiger partial charge on any atom is 0.418 e. The highest BCUT2D eigenvalue weighted by atomic mass is 19.4. The fourth-order valence-electron chi connectivity index (χ4n) is 4.59. The zero-order valence-electron chi connectivity index (χ0n) is 22.2. The number of likely N-dealkylation sites (N-methyl/N-ethyl adjacent to an activating group) is 1. The van der Waals surface area contributed by atoms with Crippen molar-refractivity contribution in [1.82, 2.24) is 34.8 Å². The molecule has 16 heteroatoms. The number of urea groups is 1. The number of imide groups is 1. The van der Waals surface area contributed by atoms with Crippen molar-refractivity contribution in [3.05, 3.63) is 53.3 Å². The van der Waals surface area contributed by atoms with Gasteiger partial charge in [0.1, 0.15) is 23.3 Å². The molecule has 3 aromatic rings. The van der Waals surface area contributed by atoms with Gasteiger partial charge in [-0.25, -0.2) is 19.8 Å². The Kier molecular flexibility index (Phi) is 6.92. The van der Waals surface area contributed by atoms with Gasteiger partial charge in [-0.1, -0.05) is 5.16 Å². The number of hydrogen-bond donors (Lipinski definition) is 1. The highest BCUT2D eigenvalue weighted by Gasteiger charge is 2.51. The lowest BCUT2D eigenvalue weighted by Crippen LogP contribution is -2.66. The van der Waals surface area contributed by atoms with E-state index in [0.29, 0.717) is 11.5 Å². The van der Waals surface area contributed by atoms with Crippen molar-refractivity contribution in [3.63, 3.8) is 0 Å². The SMILES string of the molecule is Cc1cc(CN2C(=O)C3C(N=CN3[C@@H](C)C(=O)Nc3ccnc(-c4cnc(C)c(C(F)(F)F)c4)n3)N(C)C2=O)no1. The van der Waals surface area contributed by atoms with Gasteiger partial charge in [0.2, 0.25) is 5.91 Å². The number of amides is 4. The Morgan fingerprint density at radius 1 is 1.20 bits per heavy atom. The second-order valence-corrected chi connectivity index (χ2v) is 9.60. The van der Waals surface area contributed by atoms with E-state index in [1.165, 1.54) is 48.6 Å². The van der Waals surface area contributed by atoms with Crippen molar-refractivity contribution < 1.29 is 32.1 Å². The van der Waals surface area contributed by atoms with Crippen LogP contribution in [0.5, 0.6) is 0 Å². The number of pyridine rings is 1. The van der Waals surface area contributed by atoms with E-state index in [4.69, 9.17) is 4.52 Å². The van der Waals surface area contributed by atoms with Gasteiger partial charge in [0.05, 0.1) is 18.4 Å². The first-order valence-corrected chi connectivity index (χ1v) is 12.3. The number of hydrogen-bond acceptors (Lipinski definition) is 10. The Morgan fingerprint density at radius 2 is 1.95 bits per heavy atom. The van der Waals surface area contributed by atoms with E-state index in [2.05, 4.69) is 30.4 Å². The summed E-state index contributed by atoms with van der Waals surface area (Å²) in [5.41, 5.74) is -0.704. The summed E-state index contributed by atoms with van der Waals surface area (Å²) < 4.78 is 45.1. The molecule has 4 amide bonds. The second kappa shape index (κ2) is 10.3. The predicted octanol–water partition coefficient (Wildman–Crippen LogP) is 2.62. The molecule has 13 nitrogen and oxygen atoms in total. The minimum atomic E-state index is -4.61. The van der Waals surface area contributed by atoms with Crippen LogP contribution in [0.3, 0.4) is 0 Å². The standard InChI is InChI=1S/C25H24F3N9O4/c1-12-7-16(34-41-12)10-36-23(39)19-21(35(4)24(36)40)31-11-37(19)14(3)22(38)33-18-5-6-29-20(32-18)15-8-17(25(26,27)28)13(2)30-9-15/h5-9,11,14,19,21H,10H2,1-4H3,(H,29,32,33,38)/t14-,19?,21?/m0/s1. The number of nitrogens with one attached hydrogen (secondary N) is 1. The third kappa shape index (κ3) is 5.19. The van der Waals surface area contributed by atoms with Gasteiger partial charge in [-0.05, 0) is 32.9 Å². The van der Waals surface area contributed by atoms with E-state index < -0.39 is 47.8 Å². The van der Waals surface area contributed by atoms with Crippen molar-refractivity contribution >= 4 is 30.0 Å². The maximum absolute atomic E-state index is 13.5. The van der Waals surface area contributed by atoms with E-state index in [1.54, 1.807) is 19.9 Å². The summed E-state index contributed by atoms with van der Waals surface area (Å²) in [6.45, 7) is 4.35. The molecule has 3 aromatic heterocycles. The van der Waals surface area contributed by atoms with Gasteiger partial charge in [0.15, 0.2) is 18.0 Å². The number of anilines is 1. The van der Waals surface area contributed by atoms with E-state index >= 15 is 0 Å². The first-order valence-electron chi connectivity index (χ1n) is 12.3. The number of aromatic nitrogens is 4. The van der Waals surface area contributed by atoms with Crippen molar-refractivity contribution in [1.29, 1.82) is 0 Å². The van der Waals surface area contributed by atoms with Gasteiger partial charge < -0.3 is 19.6 Å². The number of fused-ring (bicyclic) bond motifs is 1. The van der Waals surface area contributed by atoms with Crippen LogP contribution in [0.15, 0.2) is 40.1 Å². The normalized spacial score (nSPS) is 19.5. The number of nitrogens with zero attached hydrogens (tertiary/aromatic N) is 8. The van der Waals surface area contributed by atoms with Crippen LogP contribution in [-0.2, 0) is 22.3 Å². The molecule has 3 atom stereocenters. The molecule has 0 aliphatic carbocycles. The van der Waals surface area contributed by atoms with Crippen LogP contribution in [0, 0.1) is 13.8 Å². The Bertz CT molecular complexity index is 1560. The molecule has 5 heterocycles. The molecule has 0 radical (unpaired) electrons. The smallest absolute Gasteiger partial charge is 0.361 e. The van der Waals surface area contributed by atoms with Gasteiger partial charge >= 0.3 is 12.2 Å². The monoisotopic (exact) mass is 571 g/mol. The number of alkyl halides is 3. The minimum Gasteiger partial charge on any atom is -0.361 e. The Balaban J connectivity index is 1.33. The van der Waals surface area contributed by atoms with E-state index in [1.807, 2.05) is 0 Å². The Hall–Kier alpha value is -4.89. The number of carbonyl (C=O) groups is 3. The number of halogens is 3.